The lowest BCUT2D eigenvalue weighted by atomic mass is 10.1. The van der Waals surface area contributed by atoms with Gasteiger partial charge in [-0.3, -0.25) is 0 Å². The molecule has 20 heavy (non-hydrogen) atoms. The van der Waals surface area contributed by atoms with Gasteiger partial charge < -0.3 is 5.32 Å². The minimum atomic E-state index is -1.56. The van der Waals surface area contributed by atoms with Gasteiger partial charge in [0.2, 0.25) is 0 Å². The molecule has 0 aliphatic carbocycles. The van der Waals surface area contributed by atoms with Crippen LogP contribution in [0.3, 0.4) is 0 Å². The molecule has 2 rings (SSSR count). The minimum Gasteiger partial charge on any atom is -0.381 e. The lowest BCUT2D eigenvalue weighted by molar-refractivity contribution is 0.447. The van der Waals surface area contributed by atoms with Crippen molar-refractivity contribution in [3.05, 3.63) is 64.7 Å². The molecule has 2 nitrogen and oxygen atoms in total. The number of hydrogen-bond acceptors (Lipinski definition) is 2. The highest BCUT2D eigenvalue weighted by Gasteiger charge is 2.11. The third kappa shape index (κ3) is 2.72. The van der Waals surface area contributed by atoms with Gasteiger partial charge in [-0.25, -0.2) is 17.6 Å². The molecule has 0 saturated heterocycles. The summed E-state index contributed by atoms with van der Waals surface area (Å²) in [6.45, 7) is -0.0914. The van der Waals surface area contributed by atoms with Gasteiger partial charge in [0.15, 0.2) is 17.5 Å². The Morgan fingerprint density at radius 2 is 1.65 bits per heavy atom. The number of hydrogen-bond donors (Lipinski definition) is 1. The van der Waals surface area contributed by atoms with E-state index in [1.807, 2.05) is 0 Å². The largest absolute Gasteiger partial charge is 0.381 e. The summed E-state index contributed by atoms with van der Waals surface area (Å²) in [6, 6.07) is 7.46. The van der Waals surface area contributed by atoms with Gasteiger partial charge in [0.1, 0.15) is 11.9 Å². The molecule has 0 heterocycles. The maximum absolute atomic E-state index is 13.7. The van der Waals surface area contributed by atoms with Gasteiger partial charge in [-0.15, -0.1) is 0 Å². The second kappa shape index (κ2) is 5.61. The number of nitrogens with zero attached hydrogens (tertiary/aromatic N) is 1. The number of benzene rings is 2. The minimum absolute atomic E-state index is 0.0249. The van der Waals surface area contributed by atoms with E-state index < -0.39 is 23.3 Å². The molecule has 0 aliphatic rings. The van der Waals surface area contributed by atoms with E-state index in [1.165, 1.54) is 18.2 Å². The predicted octanol–water partition coefficient (Wildman–Crippen LogP) is 3.73. The molecule has 0 aromatic heterocycles. The van der Waals surface area contributed by atoms with Crippen LogP contribution in [0.5, 0.6) is 0 Å². The maximum Gasteiger partial charge on any atom is 0.194 e. The molecule has 2 aromatic rings. The Bertz CT molecular complexity index is 669. The monoisotopic (exact) mass is 280 g/mol. The Labute approximate surface area is 112 Å². The summed E-state index contributed by atoms with van der Waals surface area (Å²) in [5.74, 6) is -4.93. The first-order valence-electron chi connectivity index (χ1n) is 5.59. The molecule has 0 bridgehead atoms. The summed E-state index contributed by atoms with van der Waals surface area (Å²) in [5.41, 5.74) is 0.0121. The highest BCUT2D eigenvalue weighted by atomic mass is 19.2. The van der Waals surface area contributed by atoms with Crippen molar-refractivity contribution in [2.45, 2.75) is 6.54 Å². The van der Waals surface area contributed by atoms with Crippen LogP contribution in [0.4, 0.5) is 23.2 Å². The molecule has 0 spiro atoms. The van der Waals surface area contributed by atoms with Gasteiger partial charge in [-0.2, -0.15) is 5.26 Å². The van der Waals surface area contributed by atoms with Crippen molar-refractivity contribution in [2.24, 2.45) is 0 Å². The topological polar surface area (TPSA) is 35.8 Å². The number of rotatable bonds is 3. The molecular weight excluding hydrogens is 272 g/mol. The van der Waals surface area contributed by atoms with Gasteiger partial charge in [0.25, 0.3) is 0 Å². The van der Waals surface area contributed by atoms with Crippen LogP contribution in [-0.2, 0) is 6.54 Å². The second-order valence-corrected chi connectivity index (χ2v) is 4.00. The molecule has 0 aliphatic heterocycles. The number of halogens is 4. The summed E-state index contributed by atoms with van der Waals surface area (Å²) in [6.07, 6.45) is 0. The van der Waals surface area contributed by atoms with E-state index in [0.717, 1.165) is 12.1 Å². The highest BCUT2D eigenvalue weighted by Crippen LogP contribution is 2.19. The normalized spacial score (nSPS) is 10.2. The van der Waals surface area contributed by atoms with Crippen LogP contribution >= 0.6 is 0 Å². The van der Waals surface area contributed by atoms with E-state index in [2.05, 4.69) is 5.32 Å². The SMILES string of the molecule is N#Cc1cccc(CNc2cc(F)c(F)c(F)c2)c1F. The second-order valence-electron chi connectivity index (χ2n) is 4.00. The van der Waals surface area contributed by atoms with E-state index >= 15 is 0 Å². The van der Waals surface area contributed by atoms with Crippen LogP contribution in [0, 0.1) is 34.6 Å². The Hall–Kier alpha value is -2.55. The van der Waals surface area contributed by atoms with Gasteiger partial charge in [0.05, 0.1) is 5.56 Å². The zero-order chi connectivity index (χ0) is 14.7. The van der Waals surface area contributed by atoms with Gasteiger partial charge in [0, 0.05) is 29.9 Å². The van der Waals surface area contributed by atoms with Crippen molar-refractivity contribution in [3.8, 4) is 6.07 Å². The molecule has 0 amide bonds. The Kier molecular flexibility index (Phi) is 3.89. The molecule has 1 N–H and O–H groups in total. The summed E-state index contributed by atoms with van der Waals surface area (Å²) < 4.78 is 52.5. The highest BCUT2D eigenvalue weighted by molar-refractivity contribution is 5.45. The van der Waals surface area contributed by atoms with Crippen LogP contribution in [0.15, 0.2) is 30.3 Å². The Morgan fingerprint density at radius 3 is 2.25 bits per heavy atom. The summed E-state index contributed by atoms with van der Waals surface area (Å²) in [5, 5.41) is 11.2. The molecule has 102 valence electrons. The van der Waals surface area contributed by atoms with Crippen molar-refractivity contribution in [1.29, 1.82) is 5.26 Å². The van der Waals surface area contributed by atoms with Crippen molar-refractivity contribution in [2.75, 3.05) is 5.32 Å². The average Bonchev–Trinajstić information content (AvgIpc) is 2.43. The van der Waals surface area contributed by atoms with E-state index in [1.54, 1.807) is 6.07 Å². The Balaban J connectivity index is 2.20. The van der Waals surface area contributed by atoms with Crippen LogP contribution in [0.25, 0.3) is 0 Å². The first kappa shape index (κ1) is 13.9. The van der Waals surface area contributed by atoms with Crippen LogP contribution in [-0.4, -0.2) is 0 Å². The molecule has 0 saturated carbocycles. The van der Waals surface area contributed by atoms with Crippen LogP contribution in [0.1, 0.15) is 11.1 Å². The molecule has 0 unspecified atom stereocenters. The fraction of sp³-hybridized carbons (Fsp3) is 0.0714. The number of nitrogens with one attached hydrogen (secondary N) is 1. The fourth-order valence-corrected chi connectivity index (χ4v) is 1.66. The van der Waals surface area contributed by atoms with Crippen LogP contribution in [0.2, 0.25) is 0 Å². The number of anilines is 1. The quantitative estimate of drug-likeness (QED) is 0.687. The zero-order valence-corrected chi connectivity index (χ0v) is 10.1. The van der Waals surface area contributed by atoms with Crippen molar-refractivity contribution in [3.63, 3.8) is 0 Å². The summed E-state index contributed by atoms with van der Waals surface area (Å²) >= 11 is 0. The predicted molar refractivity (Wildman–Crippen MR) is 64.8 cm³/mol. The molecule has 0 atom stereocenters. The molecule has 0 radical (unpaired) electrons. The summed E-state index contributed by atoms with van der Waals surface area (Å²) in [7, 11) is 0. The van der Waals surface area contributed by atoms with Gasteiger partial charge in [-0.05, 0) is 6.07 Å². The molecular formula is C14H8F4N2. The summed E-state index contributed by atoms with van der Waals surface area (Å²) in [4.78, 5) is 0. The standard InChI is InChI=1S/C14H8F4N2/c15-11-4-10(5-12(16)14(11)18)20-7-9-3-1-2-8(6-19)13(9)17/h1-5,20H,7H2. The zero-order valence-electron chi connectivity index (χ0n) is 10.1. The van der Waals surface area contributed by atoms with Crippen molar-refractivity contribution in [1.82, 2.24) is 0 Å². The first-order valence-corrected chi connectivity index (χ1v) is 5.59. The van der Waals surface area contributed by atoms with E-state index in [9.17, 15) is 17.6 Å². The lowest BCUT2D eigenvalue weighted by Gasteiger charge is -2.09. The number of nitriles is 1. The third-order valence-corrected chi connectivity index (χ3v) is 2.67. The first-order chi connectivity index (χ1) is 9.52. The van der Waals surface area contributed by atoms with E-state index in [0.29, 0.717) is 0 Å². The van der Waals surface area contributed by atoms with Crippen molar-refractivity contribution >= 4 is 5.69 Å². The Morgan fingerprint density at radius 1 is 1.00 bits per heavy atom. The maximum atomic E-state index is 13.7. The fourth-order valence-electron chi connectivity index (χ4n) is 1.66. The smallest absolute Gasteiger partial charge is 0.194 e. The molecule has 2 aromatic carbocycles. The third-order valence-electron chi connectivity index (χ3n) is 2.67. The average molecular weight is 280 g/mol. The molecule has 6 heteroatoms. The van der Waals surface area contributed by atoms with E-state index in [4.69, 9.17) is 5.26 Å². The van der Waals surface area contributed by atoms with Crippen molar-refractivity contribution < 1.29 is 17.6 Å². The molecule has 0 fully saturated rings. The van der Waals surface area contributed by atoms with Crippen LogP contribution < -0.4 is 5.32 Å². The van der Waals surface area contributed by atoms with Gasteiger partial charge in [-0.1, -0.05) is 12.1 Å². The lowest BCUT2D eigenvalue weighted by Crippen LogP contribution is -2.04. The van der Waals surface area contributed by atoms with E-state index in [-0.39, 0.29) is 23.4 Å². The van der Waals surface area contributed by atoms with Gasteiger partial charge >= 0.3 is 0 Å².